The van der Waals surface area contributed by atoms with Gasteiger partial charge in [0.1, 0.15) is 0 Å². The molecule has 0 aliphatic carbocycles. The predicted octanol–water partition coefficient (Wildman–Crippen LogP) is 1.59. The van der Waals surface area contributed by atoms with E-state index in [9.17, 15) is 4.79 Å². The van der Waals surface area contributed by atoms with E-state index in [0.29, 0.717) is 11.3 Å². The number of nitrogens with two attached hydrogens (primary N) is 1. The van der Waals surface area contributed by atoms with Crippen molar-refractivity contribution in [3.05, 3.63) is 23.8 Å². The number of anilines is 2. The molecule has 1 aliphatic heterocycles. The first kappa shape index (κ1) is 14.7. The second-order valence-corrected chi connectivity index (χ2v) is 5.42. The first-order valence-electron chi connectivity index (χ1n) is 6.92. The topological polar surface area (TPSA) is 58.8 Å². The number of nitrogens with zero attached hydrogens (tertiary/aromatic N) is 2. The SMILES string of the molecule is COC1CCCN(c2cc(N)ccc2C(=O)N(C)C)C1. The molecule has 5 nitrogen and oxygen atoms in total. The van der Waals surface area contributed by atoms with Crippen molar-refractivity contribution in [1.82, 2.24) is 4.90 Å². The lowest BCUT2D eigenvalue weighted by molar-refractivity contribution is 0.0822. The van der Waals surface area contributed by atoms with E-state index >= 15 is 0 Å². The fourth-order valence-corrected chi connectivity index (χ4v) is 2.58. The Kier molecular flexibility index (Phi) is 4.49. The summed E-state index contributed by atoms with van der Waals surface area (Å²) in [6.07, 6.45) is 2.34. The molecule has 1 amide bonds. The molecule has 0 aromatic heterocycles. The van der Waals surface area contributed by atoms with Gasteiger partial charge in [0.25, 0.3) is 5.91 Å². The average molecular weight is 277 g/mol. The summed E-state index contributed by atoms with van der Waals surface area (Å²) < 4.78 is 5.45. The fraction of sp³-hybridized carbons (Fsp3) is 0.533. The molecule has 20 heavy (non-hydrogen) atoms. The standard InChI is InChI=1S/C15H23N3O2/c1-17(2)15(19)13-7-6-11(16)9-14(13)18-8-4-5-12(10-18)20-3/h6-7,9,12H,4-5,8,10,16H2,1-3H3. The average Bonchev–Trinajstić information content (AvgIpc) is 2.46. The van der Waals surface area contributed by atoms with E-state index in [-0.39, 0.29) is 12.0 Å². The fourth-order valence-electron chi connectivity index (χ4n) is 2.58. The Hall–Kier alpha value is -1.75. The third-order valence-corrected chi connectivity index (χ3v) is 3.71. The smallest absolute Gasteiger partial charge is 0.255 e. The molecule has 1 saturated heterocycles. The van der Waals surface area contributed by atoms with Crippen molar-refractivity contribution in [2.24, 2.45) is 0 Å². The number of methoxy groups -OCH3 is 1. The highest BCUT2D eigenvalue weighted by Crippen LogP contribution is 2.28. The first-order valence-corrected chi connectivity index (χ1v) is 6.92. The highest BCUT2D eigenvalue weighted by Gasteiger charge is 2.24. The number of hydrogen-bond donors (Lipinski definition) is 1. The third-order valence-electron chi connectivity index (χ3n) is 3.71. The van der Waals surface area contributed by atoms with Crippen LogP contribution in [-0.4, -0.2) is 51.2 Å². The van der Waals surface area contributed by atoms with E-state index in [1.54, 1.807) is 32.2 Å². The van der Waals surface area contributed by atoms with Crippen molar-refractivity contribution in [2.45, 2.75) is 18.9 Å². The number of hydrogen-bond acceptors (Lipinski definition) is 4. The van der Waals surface area contributed by atoms with Gasteiger partial charge in [-0.2, -0.15) is 0 Å². The highest BCUT2D eigenvalue weighted by molar-refractivity contribution is 6.00. The minimum absolute atomic E-state index is 0.000426. The number of rotatable bonds is 3. The molecule has 2 rings (SSSR count). The van der Waals surface area contributed by atoms with Crippen LogP contribution in [0.15, 0.2) is 18.2 Å². The molecule has 1 heterocycles. The van der Waals surface area contributed by atoms with Gasteiger partial charge in [0.05, 0.1) is 17.4 Å². The van der Waals surface area contributed by atoms with Gasteiger partial charge in [0, 0.05) is 40.0 Å². The molecular formula is C15H23N3O2. The van der Waals surface area contributed by atoms with Crippen LogP contribution >= 0.6 is 0 Å². The number of ether oxygens (including phenoxy) is 1. The number of benzene rings is 1. The first-order chi connectivity index (χ1) is 9.52. The predicted molar refractivity (Wildman–Crippen MR) is 81.1 cm³/mol. The summed E-state index contributed by atoms with van der Waals surface area (Å²) in [6, 6.07) is 5.47. The molecule has 0 radical (unpaired) electrons. The lowest BCUT2D eigenvalue weighted by Gasteiger charge is -2.35. The van der Waals surface area contributed by atoms with Crippen molar-refractivity contribution in [3.8, 4) is 0 Å². The number of amides is 1. The van der Waals surface area contributed by atoms with Crippen LogP contribution in [0.1, 0.15) is 23.2 Å². The molecule has 1 aliphatic rings. The Bertz CT molecular complexity index is 488. The summed E-state index contributed by atoms with van der Waals surface area (Å²) in [5, 5.41) is 0. The van der Waals surface area contributed by atoms with E-state index < -0.39 is 0 Å². The van der Waals surface area contributed by atoms with Gasteiger partial charge in [-0.25, -0.2) is 0 Å². The van der Waals surface area contributed by atoms with Crippen LogP contribution in [0.25, 0.3) is 0 Å². The van der Waals surface area contributed by atoms with Gasteiger partial charge in [-0.3, -0.25) is 4.79 Å². The Morgan fingerprint density at radius 3 is 2.85 bits per heavy atom. The van der Waals surface area contributed by atoms with Gasteiger partial charge < -0.3 is 20.3 Å². The summed E-state index contributed by atoms with van der Waals surface area (Å²) in [6.45, 7) is 1.73. The Balaban J connectivity index is 2.34. The minimum Gasteiger partial charge on any atom is -0.399 e. The van der Waals surface area contributed by atoms with E-state index in [2.05, 4.69) is 4.90 Å². The third kappa shape index (κ3) is 3.04. The molecule has 1 unspecified atom stereocenters. The molecule has 110 valence electrons. The second-order valence-electron chi connectivity index (χ2n) is 5.42. The van der Waals surface area contributed by atoms with Crippen molar-refractivity contribution in [1.29, 1.82) is 0 Å². The second kappa shape index (κ2) is 6.13. The quantitative estimate of drug-likeness (QED) is 0.852. The van der Waals surface area contributed by atoms with Crippen LogP contribution in [0.5, 0.6) is 0 Å². The monoisotopic (exact) mass is 277 g/mol. The van der Waals surface area contributed by atoms with Crippen molar-refractivity contribution in [2.75, 3.05) is 44.9 Å². The molecule has 0 spiro atoms. The van der Waals surface area contributed by atoms with Crippen LogP contribution in [0, 0.1) is 0 Å². The zero-order valence-electron chi connectivity index (χ0n) is 12.4. The maximum atomic E-state index is 12.3. The van der Waals surface area contributed by atoms with E-state index in [4.69, 9.17) is 10.5 Å². The lowest BCUT2D eigenvalue weighted by atomic mass is 10.0. The zero-order chi connectivity index (χ0) is 14.7. The van der Waals surface area contributed by atoms with Gasteiger partial charge in [-0.05, 0) is 31.0 Å². The van der Waals surface area contributed by atoms with Crippen molar-refractivity contribution >= 4 is 17.3 Å². The number of nitrogen functional groups attached to an aromatic ring is 1. The molecule has 5 heteroatoms. The number of piperidine rings is 1. The minimum atomic E-state index is -0.000426. The van der Waals surface area contributed by atoms with Gasteiger partial charge in [-0.15, -0.1) is 0 Å². The van der Waals surface area contributed by atoms with Crippen LogP contribution in [0.3, 0.4) is 0 Å². The maximum absolute atomic E-state index is 12.3. The number of carbonyl (C=O) groups is 1. The zero-order valence-corrected chi connectivity index (χ0v) is 12.4. The van der Waals surface area contributed by atoms with Crippen LogP contribution in [-0.2, 0) is 4.74 Å². The van der Waals surface area contributed by atoms with Crippen LogP contribution in [0.4, 0.5) is 11.4 Å². The Labute approximate surface area is 120 Å². The maximum Gasteiger partial charge on any atom is 0.255 e. The summed E-state index contributed by atoms with van der Waals surface area (Å²) in [4.78, 5) is 16.1. The largest absolute Gasteiger partial charge is 0.399 e. The molecule has 0 bridgehead atoms. The van der Waals surface area contributed by atoms with Crippen molar-refractivity contribution in [3.63, 3.8) is 0 Å². The molecule has 1 atom stereocenters. The molecule has 1 fully saturated rings. The number of carbonyl (C=O) groups excluding carboxylic acids is 1. The highest BCUT2D eigenvalue weighted by atomic mass is 16.5. The summed E-state index contributed by atoms with van der Waals surface area (Å²) >= 11 is 0. The Morgan fingerprint density at radius 1 is 1.45 bits per heavy atom. The van der Waals surface area contributed by atoms with Crippen molar-refractivity contribution < 1.29 is 9.53 Å². The van der Waals surface area contributed by atoms with Gasteiger partial charge in [0.15, 0.2) is 0 Å². The summed E-state index contributed by atoms with van der Waals surface area (Å²) in [7, 11) is 5.26. The molecule has 0 saturated carbocycles. The van der Waals surface area contributed by atoms with E-state index in [1.165, 1.54) is 0 Å². The Morgan fingerprint density at radius 2 is 2.20 bits per heavy atom. The molecule has 1 aromatic carbocycles. The molecular weight excluding hydrogens is 254 g/mol. The van der Waals surface area contributed by atoms with E-state index in [1.807, 2.05) is 12.1 Å². The van der Waals surface area contributed by atoms with Crippen LogP contribution < -0.4 is 10.6 Å². The molecule has 2 N–H and O–H groups in total. The molecule has 1 aromatic rings. The normalized spacial score (nSPS) is 18.9. The van der Waals surface area contributed by atoms with Crippen LogP contribution in [0.2, 0.25) is 0 Å². The van der Waals surface area contributed by atoms with Gasteiger partial charge in [0.2, 0.25) is 0 Å². The van der Waals surface area contributed by atoms with E-state index in [0.717, 1.165) is 31.6 Å². The summed E-state index contributed by atoms with van der Waals surface area (Å²) in [5.41, 5.74) is 8.17. The lowest BCUT2D eigenvalue weighted by Crippen LogP contribution is -2.40. The van der Waals surface area contributed by atoms with Gasteiger partial charge >= 0.3 is 0 Å². The van der Waals surface area contributed by atoms with Gasteiger partial charge in [-0.1, -0.05) is 0 Å². The summed E-state index contributed by atoms with van der Waals surface area (Å²) in [5.74, 6) is -0.000426.